The van der Waals surface area contributed by atoms with Crippen LogP contribution in [0.1, 0.15) is 52.4 Å². The lowest BCUT2D eigenvalue weighted by Crippen LogP contribution is -2.57. The molecule has 2 rings (SSSR count). The van der Waals surface area contributed by atoms with Gasteiger partial charge in [0.15, 0.2) is 0 Å². The molecule has 110 valence electrons. The minimum Gasteiger partial charge on any atom is -0.480 e. The number of likely N-dealkylation sites (tertiary alicyclic amines) is 2. The summed E-state index contributed by atoms with van der Waals surface area (Å²) in [5.74, 6) is -0.599. The van der Waals surface area contributed by atoms with Crippen molar-refractivity contribution in [3.8, 4) is 0 Å². The summed E-state index contributed by atoms with van der Waals surface area (Å²) in [5, 5.41) is 9.76. The fraction of sp³-hybridized carbons (Fsp3) is 0.933. The Morgan fingerprint density at radius 3 is 2.74 bits per heavy atom. The van der Waals surface area contributed by atoms with Gasteiger partial charge in [0, 0.05) is 12.1 Å². The lowest BCUT2D eigenvalue weighted by Gasteiger charge is -2.45. The highest BCUT2D eigenvalue weighted by Gasteiger charge is 2.49. The van der Waals surface area contributed by atoms with E-state index in [-0.39, 0.29) is 0 Å². The molecule has 0 amide bonds. The van der Waals surface area contributed by atoms with Crippen molar-refractivity contribution in [2.45, 2.75) is 70.0 Å². The number of piperidine rings is 1. The molecule has 0 aromatic carbocycles. The van der Waals surface area contributed by atoms with E-state index in [1.54, 1.807) is 0 Å². The summed E-state index contributed by atoms with van der Waals surface area (Å²) in [7, 11) is 2.17. The normalized spacial score (nSPS) is 37.6. The van der Waals surface area contributed by atoms with E-state index in [9.17, 15) is 9.90 Å². The van der Waals surface area contributed by atoms with E-state index in [1.807, 2.05) is 0 Å². The van der Waals surface area contributed by atoms with Crippen LogP contribution < -0.4 is 0 Å². The zero-order valence-corrected chi connectivity index (χ0v) is 12.6. The zero-order chi connectivity index (χ0) is 14.0. The molecule has 2 aliphatic rings. The second-order valence-electron chi connectivity index (χ2n) is 6.39. The molecule has 3 atom stereocenters. The van der Waals surface area contributed by atoms with Crippen molar-refractivity contribution < 1.29 is 9.90 Å². The lowest BCUT2D eigenvalue weighted by molar-refractivity contribution is -0.152. The second-order valence-corrected chi connectivity index (χ2v) is 6.39. The van der Waals surface area contributed by atoms with Gasteiger partial charge in [-0.15, -0.1) is 0 Å². The van der Waals surface area contributed by atoms with Gasteiger partial charge in [-0.1, -0.05) is 13.3 Å². The third-order valence-corrected chi connectivity index (χ3v) is 5.22. The maximum Gasteiger partial charge on any atom is 0.324 e. The fourth-order valence-corrected chi connectivity index (χ4v) is 4.00. The van der Waals surface area contributed by atoms with Crippen LogP contribution in [0.2, 0.25) is 0 Å². The molecular weight excluding hydrogens is 240 g/mol. The van der Waals surface area contributed by atoms with E-state index in [2.05, 4.69) is 30.7 Å². The number of nitrogens with zero attached hydrogens (tertiary/aromatic N) is 2. The summed E-state index contributed by atoms with van der Waals surface area (Å²) in [6, 6.07) is 1.02. The van der Waals surface area contributed by atoms with Crippen LogP contribution in [0.3, 0.4) is 0 Å². The average molecular weight is 268 g/mol. The topological polar surface area (TPSA) is 43.8 Å². The molecule has 3 unspecified atom stereocenters. The number of hydrogen-bond donors (Lipinski definition) is 1. The smallest absolute Gasteiger partial charge is 0.324 e. The fourth-order valence-electron chi connectivity index (χ4n) is 4.00. The molecule has 0 aliphatic carbocycles. The summed E-state index contributed by atoms with van der Waals surface area (Å²) in [6.07, 6.45) is 5.83. The first kappa shape index (κ1) is 14.8. The first-order valence-electron chi connectivity index (χ1n) is 7.71. The maximum absolute atomic E-state index is 11.9. The predicted octanol–water partition coefficient (Wildman–Crippen LogP) is 2.19. The van der Waals surface area contributed by atoms with Gasteiger partial charge in [-0.25, -0.2) is 0 Å². The molecule has 0 spiro atoms. The van der Waals surface area contributed by atoms with Gasteiger partial charge in [-0.05, 0) is 59.2 Å². The summed E-state index contributed by atoms with van der Waals surface area (Å²) in [6.45, 7) is 6.40. The second kappa shape index (κ2) is 5.80. The van der Waals surface area contributed by atoms with Crippen molar-refractivity contribution in [3.05, 3.63) is 0 Å². The molecule has 2 fully saturated rings. The Kier molecular flexibility index (Phi) is 4.51. The van der Waals surface area contributed by atoms with Gasteiger partial charge in [0.25, 0.3) is 0 Å². The molecular formula is C15H28N2O2. The SMILES string of the molecule is CCCC1(C(=O)O)CCCN1C1CCN(C)C(C)C1. The van der Waals surface area contributed by atoms with Gasteiger partial charge in [-0.3, -0.25) is 9.69 Å². The highest BCUT2D eigenvalue weighted by molar-refractivity contribution is 5.79. The molecule has 0 aromatic rings. The summed E-state index contributed by atoms with van der Waals surface area (Å²) >= 11 is 0. The van der Waals surface area contributed by atoms with Gasteiger partial charge in [0.2, 0.25) is 0 Å². The number of rotatable bonds is 4. The Bertz CT molecular complexity index is 334. The molecule has 0 bridgehead atoms. The minimum atomic E-state index is -0.599. The predicted molar refractivity (Wildman–Crippen MR) is 76.3 cm³/mol. The van der Waals surface area contributed by atoms with Gasteiger partial charge in [-0.2, -0.15) is 0 Å². The lowest BCUT2D eigenvalue weighted by atomic mass is 9.87. The van der Waals surface area contributed by atoms with Crippen LogP contribution >= 0.6 is 0 Å². The molecule has 2 heterocycles. The summed E-state index contributed by atoms with van der Waals surface area (Å²) in [4.78, 5) is 16.6. The Hall–Kier alpha value is -0.610. The van der Waals surface area contributed by atoms with Gasteiger partial charge in [0.05, 0.1) is 0 Å². The van der Waals surface area contributed by atoms with Gasteiger partial charge in [0.1, 0.15) is 5.54 Å². The van der Waals surface area contributed by atoms with Gasteiger partial charge >= 0.3 is 5.97 Å². The molecule has 1 N–H and O–H groups in total. The Morgan fingerprint density at radius 2 is 2.16 bits per heavy atom. The van der Waals surface area contributed by atoms with Crippen molar-refractivity contribution in [3.63, 3.8) is 0 Å². The monoisotopic (exact) mass is 268 g/mol. The van der Waals surface area contributed by atoms with E-state index in [0.29, 0.717) is 12.1 Å². The Labute approximate surface area is 116 Å². The standard InChI is InChI=1S/C15H28N2O2/c1-4-7-15(14(18)19)8-5-9-17(15)13-6-10-16(3)12(2)11-13/h12-13H,4-11H2,1-3H3,(H,18,19). The van der Waals surface area contributed by atoms with Crippen LogP contribution in [0.5, 0.6) is 0 Å². The van der Waals surface area contributed by atoms with E-state index < -0.39 is 11.5 Å². The highest BCUT2D eigenvalue weighted by atomic mass is 16.4. The summed E-state index contributed by atoms with van der Waals surface area (Å²) < 4.78 is 0. The zero-order valence-electron chi connectivity index (χ0n) is 12.6. The van der Waals surface area contributed by atoms with E-state index in [0.717, 1.165) is 51.6 Å². The number of hydrogen-bond acceptors (Lipinski definition) is 3. The number of aliphatic carboxylic acids is 1. The van der Waals surface area contributed by atoms with Crippen LogP contribution in [-0.4, -0.2) is 58.6 Å². The minimum absolute atomic E-state index is 0.455. The van der Waals surface area contributed by atoms with Crippen molar-refractivity contribution in [2.24, 2.45) is 0 Å². The van der Waals surface area contributed by atoms with Crippen LogP contribution in [0.15, 0.2) is 0 Å². The molecule has 4 heteroatoms. The molecule has 0 radical (unpaired) electrons. The van der Waals surface area contributed by atoms with Crippen molar-refractivity contribution in [1.82, 2.24) is 9.80 Å². The van der Waals surface area contributed by atoms with Crippen molar-refractivity contribution in [1.29, 1.82) is 0 Å². The van der Waals surface area contributed by atoms with Crippen LogP contribution in [0, 0.1) is 0 Å². The number of carboxylic acid groups (broad SMARTS) is 1. The molecule has 0 aromatic heterocycles. The molecule has 0 saturated carbocycles. The Balaban J connectivity index is 2.15. The third-order valence-electron chi connectivity index (χ3n) is 5.22. The van der Waals surface area contributed by atoms with Crippen LogP contribution in [0.4, 0.5) is 0 Å². The van der Waals surface area contributed by atoms with Crippen LogP contribution in [0.25, 0.3) is 0 Å². The van der Waals surface area contributed by atoms with E-state index in [4.69, 9.17) is 0 Å². The first-order valence-corrected chi connectivity index (χ1v) is 7.71. The highest BCUT2D eigenvalue weighted by Crippen LogP contribution is 2.38. The largest absolute Gasteiger partial charge is 0.480 e. The van der Waals surface area contributed by atoms with Gasteiger partial charge < -0.3 is 10.0 Å². The van der Waals surface area contributed by atoms with Crippen LogP contribution in [-0.2, 0) is 4.79 Å². The average Bonchev–Trinajstić information content (AvgIpc) is 2.78. The molecule has 2 saturated heterocycles. The number of carboxylic acids is 1. The van der Waals surface area contributed by atoms with E-state index >= 15 is 0 Å². The third kappa shape index (κ3) is 2.65. The van der Waals surface area contributed by atoms with E-state index in [1.165, 1.54) is 0 Å². The Morgan fingerprint density at radius 1 is 1.42 bits per heavy atom. The van der Waals surface area contributed by atoms with Crippen molar-refractivity contribution in [2.75, 3.05) is 20.1 Å². The molecule has 2 aliphatic heterocycles. The quantitative estimate of drug-likeness (QED) is 0.849. The molecule has 19 heavy (non-hydrogen) atoms. The first-order chi connectivity index (χ1) is 9.01. The molecule has 4 nitrogen and oxygen atoms in total. The van der Waals surface area contributed by atoms with Crippen molar-refractivity contribution >= 4 is 5.97 Å². The number of carbonyl (C=O) groups is 1. The summed E-state index contributed by atoms with van der Waals surface area (Å²) in [5.41, 5.74) is -0.574. The maximum atomic E-state index is 11.9.